The number of aromatic nitrogens is 1. The van der Waals surface area contributed by atoms with Gasteiger partial charge < -0.3 is 14.7 Å². The second kappa shape index (κ2) is 7.40. The van der Waals surface area contributed by atoms with Crippen LogP contribution in [0.3, 0.4) is 0 Å². The molecule has 0 spiro atoms. The normalized spacial score (nSPS) is 14.1. The van der Waals surface area contributed by atoms with Gasteiger partial charge in [0.15, 0.2) is 0 Å². The van der Waals surface area contributed by atoms with E-state index in [-0.39, 0.29) is 11.5 Å². The minimum Gasteiger partial charge on any atom is -0.378 e. The van der Waals surface area contributed by atoms with Crippen LogP contribution in [0.25, 0.3) is 0 Å². The molecule has 1 aliphatic heterocycles. The third kappa shape index (κ3) is 3.59. The van der Waals surface area contributed by atoms with Gasteiger partial charge in [0, 0.05) is 52.2 Å². The number of amides is 1. The Balaban J connectivity index is 1.66. The van der Waals surface area contributed by atoms with E-state index in [1.165, 1.54) is 12.3 Å². The van der Waals surface area contributed by atoms with E-state index in [0.717, 1.165) is 11.5 Å². The van der Waals surface area contributed by atoms with E-state index >= 15 is 0 Å². The maximum absolute atomic E-state index is 14.3. The molecule has 1 fully saturated rings. The number of hydrogen-bond donors (Lipinski definition) is 0. The Morgan fingerprint density at radius 1 is 1.19 bits per heavy atom. The van der Waals surface area contributed by atoms with Crippen molar-refractivity contribution in [1.29, 1.82) is 5.26 Å². The van der Waals surface area contributed by atoms with Crippen molar-refractivity contribution in [3.63, 3.8) is 0 Å². The fraction of sp³-hybridized carbons (Fsp3) is 0.316. The Hall–Kier alpha value is -3.14. The van der Waals surface area contributed by atoms with Crippen molar-refractivity contribution < 1.29 is 9.18 Å². The number of nitriles is 1. The number of nitrogens with zero attached hydrogens (tertiary/aromatic N) is 5. The molecule has 1 amide bonds. The van der Waals surface area contributed by atoms with Crippen LogP contribution in [0.2, 0.25) is 0 Å². The first kappa shape index (κ1) is 17.7. The summed E-state index contributed by atoms with van der Waals surface area (Å²) in [4.78, 5) is 22.4. The third-order valence-corrected chi connectivity index (χ3v) is 4.47. The van der Waals surface area contributed by atoms with Crippen molar-refractivity contribution in [3.05, 3.63) is 53.5 Å². The number of benzene rings is 1. The lowest BCUT2D eigenvalue weighted by Crippen LogP contribution is -2.49. The van der Waals surface area contributed by atoms with E-state index in [4.69, 9.17) is 5.26 Å². The Bertz CT molecular complexity index is 836. The number of halogens is 1. The molecule has 1 aromatic heterocycles. The van der Waals surface area contributed by atoms with Crippen LogP contribution in [0.5, 0.6) is 0 Å². The van der Waals surface area contributed by atoms with E-state index in [2.05, 4.69) is 9.88 Å². The lowest BCUT2D eigenvalue weighted by molar-refractivity contribution is 0.0742. The number of anilines is 2. The van der Waals surface area contributed by atoms with Crippen molar-refractivity contribution in [1.82, 2.24) is 9.88 Å². The molecule has 2 heterocycles. The van der Waals surface area contributed by atoms with Gasteiger partial charge in [0.05, 0.1) is 11.1 Å². The van der Waals surface area contributed by atoms with Crippen LogP contribution in [0.4, 0.5) is 15.9 Å². The van der Waals surface area contributed by atoms with Gasteiger partial charge in [-0.05, 0) is 30.3 Å². The Kier molecular flexibility index (Phi) is 5.03. The van der Waals surface area contributed by atoms with Crippen molar-refractivity contribution in [2.45, 2.75) is 0 Å². The van der Waals surface area contributed by atoms with Gasteiger partial charge in [-0.1, -0.05) is 0 Å². The highest BCUT2D eigenvalue weighted by Gasteiger charge is 2.24. The first-order valence-electron chi connectivity index (χ1n) is 8.37. The minimum absolute atomic E-state index is 0.0977. The average Bonchev–Trinajstić information content (AvgIpc) is 2.67. The molecule has 1 aromatic carbocycles. The van der Waals surface area contributed by atoms with Crippen LogP contribution in [0.15, 0.2) is 36.5 Å². The van der Waals surface area contributed by atoms with Gasteiger partial charge >= 0.3 is 0 Å². The van der Waals surface area contributed by atoms with E-state index in [1.807, 2.05) is 20.2 Å². The zero-order valence-electron chi connectivity index (χ0n) is 14.8. The molecule has 0 saturated carbocycles. The summed E-state index contributed by atoms with van der Waals surface area (Å²) in [6.45, 7) is 2.22. The number of hydrogen-bond acceptors (Lipinski definition) is 5. The smallest absolute Gasteiger partial charge is 0.256 e. The van der Waals surface area contributed by atoms with Crippen LogP contribution in [0, 0.1) is 17.1 Å². The highest BCUT2D eigenvalue weighted by atomic mass is 19.1. The van der Waals surface area contributed by atoms with Crippen molar-refractivity contribution >= 4 is 17.4 Å². The second-order valence-electron chi connectivity index (χ2n) is 6.35. The molecule has 3 rings (SSSR count). The van der Waals surface area contributed by atoms with Gasteiger partial charge in [-0.15, -0.1) is 0 Å². The monoisotopic (exact) mass is 353 g/mol. The summed E-state index contributed by atoms with van der Waals surface area (Å²) in [6.07, 6.45) is 1.54. The summed E-state index contributed by atoms with van der Waals surface area (Å²) < 4.78 is 14.3. The average molecular weight is 353 g/mol. The number of carbonyl (C=O) groups is 1. The van der Waals surface area contributed by atoms with Gasteiger partial charge in [0.25, 0.3) is 5.91 Å². The maximum atomic E-state index is 14.3. The molecule has 26 heavy (non-hydrogen) atoms. The predicted octanol–water partition coefficient (Wildman–Crippen LogP) is 2.12. The SMILES string of the molecule is CN(C)c1ccc(C(=O)N2CCN(c3ccc(C#N)cn3)CC2)c(F)c1. The summed E-state index contributed by atoms with van der Waals surface area (Å²) >= 11 is 0. The summed E-state index contributed by atoms with van der Waals surface area (Å²) in [5, 5.41) is 8.83. The second-order valence-corrected chi connectivity index (χ2v) is 6.35. The molecular formula is C19H20FN5O. The minimum atomic E-state index is -0.502. The Labute approximate surface area is 152 Å². The van der Waals surface area contributed by atoms with E-state index < -0.39 is 5.82 Å². The summed E-state index contributed by atoms with van der Waals surface area (Å²) in [6, 6.07) is 10.2. The molecule has 7 heteroatoms. The zero-order chi connectivity index (χ0) is 18.7. The van der Waals surface area contributed by atoms with Gasteiger partial charge in [0.2, 0.25) is 0 Å². The van der Waals surface area contributed by atoms with Crippen LogP contribution >= 0.6 is 0 Å². The fourth-order valence-corrected chi connectivity index (χ4v) is 2.90. The molecule has 2 aromatic rings. The Morgan fingerprint density at radius 2 is 1.92 bits per heavy atom. The quantitative estimate of drug-likeness (QED) is 0.846. The van der Waals surface area contributed by atoms with Gasteiger partial charge in [0.1, 0.15) is 17.7 Å². The van der Waals surface area contributed by atoms with Crippen LogP contribution in [0.1, 0.15) is 15.9 Å². The van der Waals surface area contributed by atoms with Crippen LogP contribution in [-0.4, -0.2) is 56.1 Å². The van der Waals surface area contributed by atoms with Crippen molar-refractivity contribution in [3.8, 4) is 6.07 Å². The fourth-order valence-electron chi connectivity index (χ4n) is 2.90. The molecule has 1 saturated heterocycles. The van der Waals surface area contributed by atoms with Crippen LogP contribution in [-0.2, 0) is 0 Å². The molecule has 0 N–H and O–H groups in total. The highest BCUT2D eigenvalue weighted by molar-refractivity contribution is 5.95. The third-order valence-electron chi connectivity index (χ3n) is 4.47. The number of carbonyl (C=O) groups excluding carboxylic acids is 1. The molecule has 0 aliphatic carbocycles. The van der Waals surface area contributed by atoms with Crippen molar-refractivity contribution in [2.75, 3.05) is 50.1 Å². The number of piperazine rings is 1. The lowest BCUT2D eigenvalue weighted by atomic mass is 10.1. The largest absolute Gasteiger partial charge is 0.378 e. The number of pyridine rings is 1. The van der Waals surface area contributed by atoms with Gasteiger partial charge in [-0.3, -0.25) is 4.79 Å². The van der Waals surface area contributed by atoms with Gasteiger partial charge in [-0.2, -0.15) is 5.26 Å². The molecule has 0 bridgehead atoms. The first-order valence-corrected chi connectivity index (χ1v) is 8.37. The lowest BCUT2D eigenvalue weighted by Gasteiger charge is -2.35. The Morgan fingerprint density at radius 3 is 2.46 bits per heavy atom. The summed E-state index contributed by atoms with van der Waals surface area (Å²) in [7, 11) is 3.65. The molecule has 1 aliphatic rings. The first-order chi connectivity index (χ1) is 12.5. The predicted molar refractivity (Wildman–Crippen MR) is 97.8 cm³/mol. The molecule has 0 radical (unpaired) electrons. The summed E-state index contributed by atoms with van der Waals surface area (Å²) in [5.41, 5.74) is 1.33. The topological polar surface area (TPSA) is 63.5 Å². The molecule has 0 atom stereocenters. The zero-order valence-corrected chi connectivity index (χ0v) is 14.8. The molecule has 134 valence electrons. The molecule has 6 nitrogen and oxygen atoms in total. The van der Waals surface area contributed by atoms with E-state index in [1.54, 1.807) is 34.1 Å². The maximum Gasteiger partial charge on any atom is 0.256 e. The van der Waals surface area contributed by atoms with E-state index in [0.29, 0.717) is 31.7 Å². The standard InChI is InChI=1S/C19H20FN5O/c1-23(2)15-4-5-16(17(20)11-15)19(26)25-9-7-24(8-10-25)18-6-3-14(12-21)13-22-18/h3-6,11,13H,7-10H2,1-2H3. The van der Waals surface area contributed by atoms with Gasteiger partial charge in [-0.25, -0.2) is 9.37 Å². The summed E-state index contributed by atoms with van der Waals surface area (Å²) in [5.74, 6) is -0.0183. The number of rotatable bonds is 3. The van der Waals surface area contributed by atoms with E-state index in [9.17, 15) is 9.18 Å². The highest BCUT2D eigenvalue weighted by Crippen LogP contribution is 2.20. The van der Waals surface area contributed by atoms with Crippen LogP contribution < -0.4 is 9.80 Å². The van der Waals surface area contributed by atoms with Crippen molar-refractivity contribution in [2.24, 2.45) is 0 Å². The molecule has 0 unspecified atom stereocenters. The molecular weight excluding hydrogens is 333 g/mol.